The number of unbranched alkanes of at least 4 members (excludes halogenated alkanes) is 9. The first kappa shape index (κ1) is 27.8. The van der Waals surface area contributed by atoms with E-state index in [1.165, 1.54) is 51.4 Å². The van der Waals surface area contributed by atoms with E-state index < -0.39 is 16.0 Å². The predicted octanol–water partition coefficient (Wildman–Crippen LogP) is 7.10. The maximum atomic E-state index is 12.3. The van der Waals surface area contributed by atoms with Crippen LogP contribution in [0.1, 0.15) is 124 Å². The molecule has 2 unspecified atom stereocenters. The van der Waals surface area contributed by atoms with E-state index in [4.69, 9.17) is 8.37 Å². The molecule has 170 valence electrons. The minimum Gasteiger partial charge on any atom is -0.344 e. The molecule has 0 aromatic rings. The Morgan fingerprint density at radius 2 is 1.43 bits per heavy atom. The highest BCUT2D eigenvalue weighted by molar-refractivity contribution is 7.81. The molecule has 0 heterocycles. The fourth-order valence-corrected chi connectivity index (χ4v) is 5.58. The highest BCUT2D eigenvalue weighted by Gasteiger charge is 2.43. The zero-order valence-corrected chi connectivity index (χ0v) is 19.7. The topological polar surface area (TPSA) is 87.6 Å². The van der Waals surface area contributed by atoms with Crippen molar-refractivity contribution in [2.75, 3.05) is 6.61 Å². The molecule has 0 amide bonds. The highest BCUT2D eigenvalue weighted by atomic mass is 32.3. The molecule has 2 atom stereocenters. The molecule has 5 nitrogen and oxygen atoms in total. The van der Waals surface area contributed by atoms with Crippen LogP contribution >= 0.6 is 0 Å². The Labute approximate surface area is 175 Å². The third-order valence-corrected chi connectivity index (χ3v) is 7.22. The van der Waals surface area contributed by atoms with E-state index >= 15 is 0 Å². The van der Waals surface area contributed by atoms with E-state index in [0.29, 0.717) is 5.92 Å². The Bertz CT molecular complexity index is 469. The average Bonchev–Trinajstić information content (AvgIpc) is 2.66. The van der Waals surface area contributed by atoms with Crippen LogP contribution in [0.5, 0.6) is 0 Å². The van der Waals surface area contributed by atoms with Crippen LogP contribution in [0.4, 0.5) is 0 Å². The fourth-order valence-electron chi connectivity index (χ4n) is 4.47. The first-order valence-electron chi connectivity index (χ1n) is 11.6. The lowest BCUT2D eigenvalue weighted by atomic mass is 9.73. The van der Waals surface area contributed by atoms with Crippen LogP contribution in [0.25, 0.3) is 0 Å². The van der Waals surface area contributed by atoms with Gasteiger partial charge in [0.2, 0.25) is 0 Å². The summed E-state index contributed by atoms with van der Waals surface area (Å²) in [5.74, 6) is 0.312. The van der Waals surface area contributed by atoms with E-state index in [1.54, 1.807) is 0 Å². The SMILES string of the molecule is CCCCCCCCCCCCOS(=O)(=O)OC1(CC)CCCCC1CC.N. The third-order valence-electron chi connectivity index (χ3n) is 6.23. The molecule has 1 rings (SSSR count). The van der Waals surface area contributed by atoms with Crippen molar-refractivity contribution in [2.45, 2.75) is 129 Å². The number of hydrogen-bond donors (Lipinski definition) is 1. The molecule has 1 aliphatic carbocycles. The average molecular weight is 422 g/mol. The molecule has 1 fully saturated rings. The highest BCUT2D eigenvalue weighted by Crippen LogP contribution is 2.42. The molecule has 1 saturated carbocycles. The van der Waals surface area contributed by atoms with Crippen molar-refractivity contribution < 1.29 is 16.8 Å². The van der Waals surface area contributed by atoms with Crippen molar-refractivity contribution in [1.29, 1.82) is 0 Å². The molecule has 0 aromatic carbocycles. The third kappa shape index (κ3) is 10.6. The Hall–Kier alpha value is -0.170. The second-order valence-electron chi connectivity index (χ2n) is 8.26. The first-order chi connectivity index (χ1) is 13.0. The van der Waals surface area contributed by atoms with E-state index in [-0.39, 0.29) is 12.8 Å². The Kier molecular flexibility index (Phi) is 15.5. The maximum absolute atomic E-state index is 12.3. The van der Waals surface area contributed by atoms with E-state index in [2.05, 4.69) is 13.8 Å². The minimum absolute atomic E-state index is 0. The quantitative estimate of drug-likeness (QED) is 0.269. The number of rotatable bonds is 16. The molecule has 1 aliphatic rings. The second kappa shape index (κ2) is 15.6. The van der Waals surface area contributed by atoms with Crippen molar-refractivity contribution in [2.24, 2.45) is 5.92 Å². The Morgan fingerprint density at radius 1 is 0.857 bits per heavy atom. The van der Waals surface area contributed by atoms with Gasteiger partial charge in [-0.1, -0.05) is 97.8 Å². The standard InChI is InChI=1S/C22H44O4S.H3N/c1-4-7-8-9-10-11-12-13-14-17-20-25-27(23,24)26-22(6-3)19-16-15-18-21(22)5-2;/h21H,4-20H2,1-3H3;1H3. The van der Waals surface area contributed by atoms with Crippen molar-refractivity contribution in [3.63, 3.8) is 0 Å². The summed E-state index contributed by atoms with van der Waals surface area (Å²) >= 11 is 0. The summed E-state index contributed by atoms with van der Waals surface area (Å²) in [6.45, 7) is 6.65. The van der Waals surface area contributed by atoms with Gasteiger partial charge in [0.05, 0.1) is 12.2 Å². The van der Waals surface area contributed by atoms with Gasteiger partial charge in [-0.05, 0) is 31.6 Å². The van der Waals surface area contributed by atoms with Crippen molar-refractivity contribution in [1.82, 2.24) is 6.15 Å². The van der Waals surface area contributed by atoms with Crippen LogP contribution < -0.4 is 6.15 Å². The second-order valence-corrected chi connectivity index (χ2v) is 9.48. The van der Waals surface area contributed by atoms with Gasteiger partial charge in [-0.25, -0.2) is 8.37 Å². The van der Waals surface area contributed by atoms with Crippen LogP contribution in [-0.4, -0.2) is 20.6 Å². The van der Waals surface area contributed by atoms with Gasteiger partial charge >= 0.3 is 10.4 Å². The first-order valence-corrected chi connectivity index (χ1v) is 12.9. The van der Waals surface area contributed by atoms with Gasteiger partial charge < -0.3 is 6.15 Å². The molecule has 28 heavy (non-hydrogen) atoms. The van der Waals surface area contributed by atoms with E-state index in [9.17, 15) is 8.42 Å². The lowest BCUT2D eigenvalue weighted by molar-refractivity contribution is -0.0351. The largest absolute Gasteiger partial charge is 0.400 e. The molecule has 0 aromatic heterocycles. The molecule has 0 aliphatic heterocycles. The molecule has 0 bridgehead atoms. The summed E-state index contributed by atoms with van der Waals surface area (Å²) in [6, 6.07) is 0. The summed E-state index contributed by atoms with van der Waals surface area (Å²) in [5, 5.41) is 0. The summed E-state index contributed by atoms with van der Waals surface area (Å²) in [6.07, 6.45) is 18.0. The maximum Gasteiger partial charge on any atom is 0.400 e. The van der Waals surface area contributed by atoms with Gasteiger partial charge in [0.15, 0.2) is 0 Å². The molecule has 6 heteroatoms. The van der Waals surface area contributed by atoms with Gasteiger partial charge in [0, 0.05) is 0 Å². The molecular weight excluding hydrogens is 374 g/mol. The van der Waals surface area contributed by atoms with Crippen molar-refractivity contribution >= 4 is 10.4 Å². The van der Waals surface area contributed by atoms with Gasteiger partial charge in [-0.3, -0.25) is 0 Å². The normalized spacial score (nSPS) is 22.8. The van der Waals surface area contributed by atoms with Crippen LogP contribution in [-0.2, 0) is 18.8 Å². The molecule has 3 N–H and O–H groups in total. The van der Waals surface area contributed by atoms with E-state index in [0.717, 1.165) is 51.4 Å². The monoisotopic (exact) mass is 421 g/mol. The van der Waals surface area contributed by atoms with E-state index in [1.807, 2.05) is 6.92 Å². The summed E-state index contributed by atoms with van der Waals surface area (Å²) in [7, 11) is -3.91. The van der Waals surface area contributed by atoms with Gasteiger partial charge in [-0.15, -0.1) is 0 Å². The molecule has 0 radical (unpaired) electrons. The van der Waals surface area contributed by atoms with Crippen LogP contribution in [0.3, 0.4) is 0 Å². The van der Waals surface area contributed by atoms with Gasteiger partial charge in [0.25, 0.3) is 0 Å². The van der Waals surface area contributed by atoms with Crippen LogP contribution in [0.2, 0.25) is 0 Å². The van der Waals surface area contributed by atoms with Crippen molar-refractivity contribution in [3.8, 4) is 0 Å². The summed E-state index contributed by atoms with van der Waals surface area (Å²) < 4.78 is 35.5. The lowest BCUT2D eigenvalue weighted by Crippen LogP contribution is -2.44. The van der Waals surface area contributed by atoms with Gasteiger partial charge in [0.1, 0.15) is 0 Å². The molecule has 0 saturated heterocycles. The molecular formula is C22H47NO4S. The van der Waals surface area contributed by atoms with Crippen molar-refractivity contribution in [3.05, 3.63) is 0 Å². The fraction of sp³-hybridized carbons (Fsp3) is 1.00. The lowest BCUT2D eigenvalue weighted by Gasteiger charge is -2.42. The Balaban J connectivity index is 0.00000729. The zero-order chi connectivity index (χ0) is 20.0. The number of hydrogen-bond acceptors (Lipinski definition) is 5. The smallest absolute Gasteiger partial charge is 0.344 e. The van der Waals surface area contributed by atoms with Gasteiger partial charge in [-0.2, -0.15) is 8.42 Å². The summed E-state index contributed by atoms with van der Waals surface area (Å²) in [4.78, 5) is 0. The Morgan fingerprint density at radius 3 is 1.96 bits per heavy atom. The van der Waals surface area contributed by atoms with Crippen LogP contribution in [0, 0.1) is 5.92 Å². The zero-order valence-electron chi connectivity index (χ0n) is 18.8. The molecule has 0 spiro atoms. The minimum atomic E-state index is -3.91. The van der Waals surface area contributed by atoms with Crippen LogP contribution in [0.15, 0.2) is 0 Å². The summed E-state index contributed by atoms with van der Waals surface area (Å²) in [5.41, 5.74) is -0.552. The predicted molar refractivity (Wildman–Crippen MR) is 118 cm³/mol.